The molecule has 11 heteroatoms. The van der Waals surface area contributed by atoms with E-state index in [1.54, 1.807) is 61.5 Å². The highest BCUT2D eigenvalue weighted by atomic mass is 79.9. The highest BCUT2D eigenvalue weighted by Gasteiger charge is 2.34. The number of carbonyl (C=O) groups excluding carboxylic acids is 2. The van der Waals surface area contributed by atoms with Crippen molar-refractivity contribution in [3.63, 3.8) is 0 Å². The third kappa shape index (κ3) is 8.25. The quantitative estimate of drug-likeness (QED) is 0.223. The van der Waals surface area contributed by atoms with Gasteiger partial charge in [-0.2, -0.15) is 0 Å². The maximum absolute atomic E-state index is 14.2. The number of halogens is 3. The molecule has 0 saturated heterocycles. The summed E-state index contributed by atoms with van der Waals surface area (Å²) in [6.45, 7) is 6.85. The Morgan fingerprint density at radius 3 is 2.12 bits per heavy atom. The Morgan fingerprint density at radius 2 is 1.56 bits per heavy atom. The second kappa shape index (κ2) is 14.5. The average molecular weight is 683 g/mol. The van der Waals surface area contributed by atoms with Gasteiger partial charge in [-0.1, -0.05) is 82.8 Å². The van der Waals surface area contributed by atoms with Crippen LogP contribution in [0.25, 0.3) is 0 Å². The van der Waals surface area contributed by atoms with Crippen molar-refractivity contribution in [2.75, 3.05) is 10.8 Å². The molecule has 3 aromatic carbocycles. The van der Waals surface area contributed by atoms with Crippen LogP contribution in [0.3, 0.4) is 0 Å². The van der Waals surface area contributed by atoms with Crippen LogP contribution >= 0.6 is 39.1 Å². The fraction of sp³-hybridized carbons (Fsp3) is 0.333. The van der Waals surface area contributed by atoms with Crippen molar-refractivity contribution in [3.8, 4) is 0 Å². The van der Waals surface area contributed by atoms with Crippen LogP contribution in [0.5, 0.6) is 0 Å². The highest BCUT2D eigenvalue weighted by Crippen LogP contribution is 2.29. The van der Waals surface area contributed by atoms with E-state index in [1.165, 1.54) is 17.0 Å². The smallest absolute Gasteiger partial charge is 0.264 e. The normalized spacial score (nSPS) is 12.9. The van der Waals surface area contributed by atoms with Crippen molar-refractivity contribution in [2.24, 2.45) is 0 Å². The topological polar surface area (TPSA) is 86.8 Å². The molecule has 0 aromatic heterocycles. The Bertz CT molecular complexity index is 1470. The molecule has 7 nitrogen and oxygen atoms in total. The molecule has 41 heavy (non-hydrogen) atoms. The van der Waals surface area contributed by atoms with Gasteiger partial charge >= 0.3 is 0 Å². The van der Waals surface area contributed by atoms with E-state index in [0.29, 0.717) is 32.2 Å². The van der Waals surface area contributed by atoms with Crippen molar-refractivity contribution in [2.45, 2.75) is 64.1 Å². The first-order valence-electron chi connectivity index (χ1n) is 13.3. The molecule has 0 bridgehead atoms. The third-order valence-electron chi connectivity index (χ3n) is 6.76. The number of rotatable bonds is 12. The molecule has 3 rings (SSSR count). The Morgan fingerprint density at radius 1 is 0.951 bits per heavy atom. The van der Waals surface area contributed by atoms with E-state index in [-0.39, 0.29) is 29.8 Å². The summed E-state index contributed by atoms with van der Waals surface area (Å²) in [6, 6.07) is 17.1. The van der Waals surface area contributed by atoms with Gasteiger partial charge in [-0.05, 0) is 69.2 Å². The van der Waals surface area contributed by atoms with E-state index >= 15 is 0 Å². The van der Waals surface area contributed by atoms with Gasteiger partial charge in [0, 0.05) is 32.7 Å². The lowest BCUT2D eigenvalue weighted by molar-refractivity contribution is -0.140. The first-order valence-corrected chi connectivity index (χ1v) is 16.3. The predicted molar refractivity (Wildman–Crippen MR) is 169 cm³/mol. The molecule has 0 radical (unpaired) electrons. The molecule has 0 heterocycles. The maximum Gasteiger partial charge on any atom is 0.264 e. The second-order valence-electron chi connectivity index (χ2n) is 9.77. The highest BCUT2D eigenvalue weighted by molar-refractivity contribution is 9.10. The fourth-order valence-corrected chi connectivity index (χ4v) is 6.52. The summed E-state index contributed by atoms with van der Waals surface area (Å²) in [7, 11) is -4.17. The van der Waals surface area contributed by atoms with E-state index in [9.17, 15) is 18.0 Å². The fourth-order valence-electron chi connectivity index (χ4n) is 4.21. The van der Waals surface area contributed by atoms with Gasteiger partial charge in [-0.25, -0.2) is 8.42 Å². The van der Waals surface area contributed by atoms with Gasteiger partial charge in [0.25, 0.3) is 10.0 Å². The van der Waals surface area contributed by atoms with Crippen molar-refractivity contribution in [3.05, 3.63) is 92.4 Å². The summed E-state index contributed by atoms with van der Waals surface area (Å²) in [5.41, 5.74) is 1.66. The van der Waals surface area contributed by atoms with Gasteiger partial charge in [0.05, 0.1) is 10.6 Å². The van der Waals surface area contributed by atoms with E-state index < -0.39 is 28.5 Å². The second-order valence-corrected chi connectivity index (χ2v) is 13.4. The molecule has 0 fully saturated rings. The summed E-state index contributed by atoms with van der Waals surface area (Å²) >= 11 is 16.3. The molecule has 2 atom stereocenters. The van der Waals surface area contributed by atoms with Crippen LogP contribution in [-0.2, 0) is 26.2 Å². The number of amides is 2. The summed E-state index contributed by atoms with van der Waals surface area (Å²) in [5.74, 6) is -0.920. The summed E-state index contributed by atoms with van der Waals surface area (Å²) in [5, 5.41) is 3.62. The molecule has 0 aliphatic carbocycles. The minimum atomic E-state index is -4.17. The van der Waals surface area contributed by atoms with Gasteiger partial charge < -0.3 is 10.2 Å². The monoisotopic (exact) mass is 681 g/mol. The van der Waals surface area contributed by atoms with Crippen LogP contribution in [-0.4, -0.2) is 43.8 Å². The molecular formula is C30H34BrCl2N3O4S. The first kappa shape index (κ1) is 32.9. The van der Waals surface area contributed by atoms with Gasteiger partial charge in [-0.15, -0.1) is 0 Å². The van der Waals surface area contributed by atoms with Crippen molar-refractivity contribution < 1.29 is 18.0 Å². The Labute approximate surface area is 261 Å². The maximum atomic E-state index is 14.2. The van der Waals surface area contributed by atoms with E-state index in [2.05, 4.69) is 21.2 Å². The molecule has 1 N–H and O–H groups in total. The number of nitrogens with one attached hydrogen (secondary N) is 1. The van der Waals surface area contributed by atoms with Crippen LogP contribution in [0.15, 0.2) is 76.1 Å². The van der Waals surface area contributed by atoms with E-state index in [4.69, 9.17) is 23.2 Å². The van der Waals surface area contributed by atoms with Crippen LogP contribution in [0.4, 0.5) is 5.69 Å². The predicted octanol–water partition coefficient (Wildman–Crippen LogP) is 6.98. The lowest BCUT2D eigenvalue weighted by Crippen LogP contribution is -2.53. The summed E-state index contributed by atoms with van der Waals surface area (Å²) in [6.07, 6.45) is 0.996. The van der Waals surface area contributed by atoms with Gasteiger partial charge in [0.2, 0.25) is 11.8 Å². The number of nitrogens with zero attached hydrogens (tertiary/aromatic N) is 2. The van der Waals surface area contributed by atoms with Crippen molar-refractivity contribution >= 4 is 66.7 Å². The molecule has 3 aromatic rings. The molecule has 0 aliphatic heterocycles. The minimum absolute atomic E-state index is 0.0399. The van der Waals surface area contributed by atoms with Crippen LogP contribution in [0, 0.1) is 6.92 Å². The van der Waals surface area contributed by atoms with Gasteiger partial charge in [0.1, 0.15) is 12.6 Å². The zero-order chi connectivity index (χ0) is 30.3. The number of hydrogen-bond acceptors (Lipinski definition) is 4. The molecule has 2 amide bonds. The minimum Gasteiger partial charge on any atom is -0.352 e. The van der Waals surface area contributed by atoms with Gasteiger partial charge in [0.15, 0.2) is 0 Å². The number of sulfonamides is 1. The number of carbonyl (C=O) groups is 2. The number of hydrogen-bond donors (Lipinski definition) is 1. The summed E-state index contributed by atoms with van der Waals surface area (Å²) < 4.78 is 29.6. The zero-order valence-electron chi connectivity index (χ0n) is 23.4. The SMILES string of the molecule is CC[C@H](C)NC(=O)[C@H](CC)N(Cc1c(Cl)cccc1Cl)C(=O)CN(c1cccc(Br)c1)S(=O)(=O)c1ccc(C)cc1. The average Bonchev–Trinajstić information content (AvgIpc) is 2.93. The van der Waals surface area contributed by atoms with Crippen molar-refractivity contribution in [1.82, 2.24) is 10.2 Å². The Kier molecular flexibility index (Phi) is 11.7. The number of anilines is 1. The van der Waals surface area contributed by atoms with E-state index in [0.717, 1.165) is 9.87 Å². The third-order valence-corrected chi connectivity index (χ3v) is 9.75. The Balaban J connectivity index is 2.10. The zero-order valence-corrected chi connectivity index (χ0v) is 27.3. The molecule has 0 unspecified atom stereocenters. The lowest BCUT2D eigenvalue weighted by Gasteiger charge is -2.34. The summed E-state index contributed by atoms with van der Waals surface area (Å²) in [4.78, 5) is 29.0. The van der Waals surface area contributed by atoms with Crippen LogP contribution in [0.2, 0.25) is 10.0 Å². The van der Waals surface area contributed by atoms with Gasteiger partial charge in [-0.3, -0.25) is 13.9 Å². The first-order chi connectivity index (χ1) is 19.4. The molecule has 0 saturated carbocycles. The molecular weight excluding hydrogens is 649 g/mol. The Hall–Kier alpha value is -2.59. The molecule has 220 valence electrons. The van der Waals surface area contributed by atoms with E-state index in [1.807, 2.05) is 20.8 Å². The number of benzene rings is 3. The molecule has 0 aliphatic rings. The van der Waals surface area contributed by atoms with Crippen LogP contribution < -0.4 is 9.62 Å². The van der Waals surface area contributed by atoms with Crippen molar-refractivity contribution in [1.29, 1.82) is 0 Å². The van der Waals surface area contributed by atoms with Crippen LogP contribution in [0.1, 0.15) is 44.7 Å². The number of aryl methyl sites for hydroxylation is 1. The molecule has 0 spiro atoms. The lowest BCUT2D eigenvalue weighted by atomic mass is 10.1. The standard InChI is InChI=1S/C30H34BrCl2N3O4S/c1-5-21(4)34-30(38)28(6-2)35(18-25-26(32)11-8-12-27(25)33)29(37)19-36(23-10-7-9-22(31)17-23)41(39,40)24-15-13-20(3)14-16-24/h7-17,21,28H,5-6,18-19H2,1-4H3,(H,34,38)/t21-,28-/m0/s1. The largest absolute Gasteiger partial charge is 0.352 e.